The van der Waals surface area contributed by atoms with Crippen LogP contribution in [0.15, 0.2) is 0 Å². The predicted molar refractivity (Wildman–Crippen MR) is 111 cm³/mol. The van der Waals surface area contributed by atoms with Crippen molar-refractivity contribution < 1.29 is 60.3 Å². The van der Waals surface area contributed by atoms with Crippen LogP contribution in [0.4, 0.5) is 0 Å². The van der Waals surface area contributed by atoms with Crippen molar-refractivity contribution in [1.82, 2.24) is 5.32 Å². The summed E-state index contributed by atoms with van der Waals surface area (Å²) in [5.41, 5.74) is -1.64. The van der Waals surface area contributed by atoms with Crippen molar-refractivity contribution in [3.63, 3.8) is 0 Å². The van der Waals surface area contributed by atoms with Crippen LogP contribution >= 0.6 is 16.3 Å². The Labute approximate surface area is 186 Å². The van der Waals surface area contributed by atoms with Crippen LogP contribution in [0.25, 0.3) is 0 Å². The largest absolute Gasteiger partial charge is 0.479 e. The van der Waals surface area contributed by atoms with E-state index in [1.165, 1.54) is 20.8 Å². The van der Waals surface area contributed by atoms with Crippen molar-refractivity contribution in [3.8, 4) is 0 Å². The minimum atomic E-state index is -4.22. The number of nitrogens with one attached hydrogen (secondary N) is 1. The summed E-state index contributed by atoms with van der Waals surface area (Å²) in [5, 5.41) is 21.5. The number of aliphatic hydroxyl groups is 1. The third-order valence-corrected chi connectivity index (χ3v) is 7.61. The van der Waals surface area contributed by atoms with E-state index in [1.54, 1.807) is 0 Å². The summed E-state index contributed by atoms with van der Waals surface area (Å²) in [6.45, 7) is 3.31. The van der Waals surface area contributed by atoms with Gasteiger partial charge in [-0.2, -0.15) is 8.42 Å². The van der Waals surface area contributed by atoms with Crippen LogP contribution in [0.2, 0.25) is 0 Å². The van der Waals surface area contributed by atoms with Crippen LogP contribution in [0.1, 0.15) is 33.6 Å². The summed E-state index contributed by atoms with van der Waals surface area (Å²) in [4.78, 5) is 42.2. The van der Waals surface area contributed by atoms with Gasteiger partial charge in [0.1, 0.15) is 6.16 Å². The number of aliphatic carboxylic acids is 1. The highest BCUT2D eigenvalue weighted by atomic mass is 32.2. The number of amides is 1. The molecule has 0 aromatic heterocycles. The van der Waals surface area contributed by atoms with Gasteiger partial charge in [0.25, 0.3) is 10.1 Å². The van der Waals surface area contributed by atoms with Crippen LogP contribution < -0.4 is 5.32 Å². The number of carbonyl (C=O) groups is 3. The average Bonchev–Trinajstić information content (AvgIpc) is 2.62. The molecule has 0 radical (unpaired) electrons. The Kier molecular flexibility index (Phi) is 13.4. The number of hydrogen-bond acceptors (Lipinski definition) is 11. The Hall–Kier alpha value is -1.34. The summed E-state index contributed by atoms with van der Waals surface area (Å²) in [6, 6.07) is 0. The van der Waals surface area contributed by atoms with E-state index in [0.29, 0.717) is 0 Å². The SMILES string of the molecule is CC(=O)NCCCS(=O)(=O)OC(CCOC(=O)C[PH](=O)O[PH](=O)O)C(C)(C)[C@@H](O)C(=O)O. The van der Waals surface area contributed by atoms with Gasteiger partial charge in [-0.1, -0.05) is 13.8 Å². The first kappa shape index (κ1) is 30.7. The molecule has 0 aromatic rings. The zero-order valence-electron chi connectivity index (χ0n) is 17.7. The van der Waals surface area contributed by atoms with Crippen molar-refractivity contribution in [2.45, 2.75) is 45.8 Å². The van der Waals surface area contributed by atoms with Gasteiger partial charge in [0.2, 0.25) is 13.9 Å². The molecule has 32 heavy (non-hydrogen) atoms. The number of esters is 1. The number of aliphatic hydroxyl groups excluding tert-OH is 1. The van der Waals surface area contributed by atoms with E-state index in [1.807, 2.05) is 0 Å². The second-order valence-corrected chi connectivity index (χ2v) is 11.3. The Morgan fingerprint density at radius 2 is 1.78 bits per heavy atom. The van der Waals surface area contributed by atoms with Gasteiger partial charge in [0.05, 0.1) is 18.5 Å². The van der Waals surface area contributed by atoms with Gasteiger partial charge >= 0.3 is 20.2 Å². The van der Waals surface area contributed by atoms with E-state index < -0.39 is 74.5 Å². The lowest BCUT2D eigenvalue weighted by Crippen LogP contribution is -2.47. The highest BCUT2D eigenvalue weighted by Gasteiger charge is 2.43. The van der Waals surface area contributed by atoms with Crippen LogP contribution in [-0.2, 0) is 46.9 Å². The molecular formula is C15H29NO13P2S. The Bertz CT molecular complexity index is 814. The Balaban J connectivity index is 5.15. The molecule has 17 heteroatoms. The maximum absolute atomic E-state index is 12.3. The molecule has 4 N–H and O–H groups in total. The number of carbonyl (C=O) groups excluding carboxylic acids is 2. The number of hydrogen-bond donors (Lipinski definition) is 4. The summed E-state index contributed by atoms with van der Waals surface area (Å²) in [7, 11) is -10.9. The fraction of sp³-hybridized carbons (Fsp3) is 0.800. The number of rotatable bonds is 16. The smallest absolute Gasteiger partial charge is 0.333 e. The maximum atomic E-state index is 12.3. The van der Waals surface area contributed by atoms with Crippen LogP contribution in [0, 0.1) is 5.41 Å². The third kappa shape index (κ3) is 12.6. The lowest BCUT2D eigenvalue weighted by molar-refractivity contribution is -0.159. The first-order chi connectivity index (χ1) is 14.6. The normalized spacial score (nSPS) is 15.9. The number of ether oxygens (including phenoxy) is 1. The predicted octanol–water partition coefficient (Wildman–Crippen LogP) is -0.494. The molecule has 0 saturated carbocycles. The topological polar surface area (TPSA) is 220 Å². The summed E-state index contributed by atoms with van der Waals surface area (Å²) in [5.74, 6) is -3.56. The second kappa shape index (κ2) is 14.0. The monoisotopic (exact) mass is 525 g/mol. The molecule has 0 bridgehead atoms. The molecular weight excluding hydrogens is 496 g/mol. The van der Waals surface area contributed by atoms with Crippen LogP contribution in [0.5, 0.6) is 0 Å². The Morgan fingerprint density at radius 3 is 2.28 bits per heavy atom. The van der Waals surface area contributed by atoms with Gasteiger partial charge in [0, 0.05) is 25.3 Å². The van der Waals surface area contributed by atoms with Crippen molar-refractivity contribution in [1.29, 1.82) is 0 Å². The maximum Gasteiger partial charge on any atom is 0.333 e. The van der Waals surface area contributed by atoms with E-state index in [0.717, 1.165) is 0 Å². The van der Waals surface area contributed by atoms with Gasteiger partial charge in [0.15, 0.2) is 6.10 Å². The molecule has 0 aliphatic rings. The quantitative estimate of drug-likeness (QED) is 0.0865. The standard InChI is InChI=1S/C15H29NO13P2S/c1-10(17)16-6-4-8-32(25,26)28-11(15(2,3)13(19)14(20)21)5-7-27-12(18)9-30(22)29-31(23)24/h11,13,19,30-31H,4-9H2,1-3H3,(H,16,17)(H,20,21)(H,23,24)/t11?,13-/m0/s1. The molecule has 14 nitrogen and oxygen atoms in total. The molecule has 0 aliphatic heterocycles. The molecule has 188 valence electrons. The van der Waals surface area contributed by atoms with Gasteiger partial charge in [-0.3, -0.25) is 27.2 Å². The van der Waals surface area contributed by atoms with Crippen molar-refractivity contribution in [2.24, 2.45) is 5.41 Å². The van der Waals surface area contributed by atoms with Gasteiger partial charge in [-0.25, -0.2) is 4.79 Å². The zero-order valence-corrected chi connectivity index (χ0v) is 20.5. The lowest BCUT2D eigenvalue weighted by atomic mass is 9.79. The molecule has 0 heterocycles. The summed E-state index contributed by atoms with van der Waals surface area (Å²) in [6.07, 6.45) is -4.60. The third-order valence-electron chi connectivity index (χ3n) is 4.11. The van der Waals surface area contributed by atoms with Gasteiger partial charge < -0.3 is 25.2 Å². The number of carboxylic acids is 1. The van der Waals surface area contributed by atoms with Gasteiger partial charge in [-0.05, 0) is 6.42 Å². The van der Waals surface area contributed by atoms with Crippen LogP contribution in [-0.4, -0.2) is 78.6 Å². The fourth-order valence-electron chi connectivity index (χ4n) is 2.36. The van der Waals surface area contributed by atoms with Crippen molar-refractivity contribution >= 4 is 44.2 Å². The zero-order chi connectivity index (χ0) is 25.1. The Morgan fingerprint density at radius 1 is 1.19 bits per heavy atom. The van der Waals surface area contributed by atoms with E-state index >= 15 is 0 Å². The van der Waals surface area contributed by atoms with E-state index in [2.05, 4.69) is 9.63 Å². The highest BCUT2D eigenvalue weighted by Crippen LogP contribution is 2.35. The van der Waals surface area contributed by atoms with Gasteiger partial charge in [-0.15, -0.1) is 0 Å². The van der Waals surface area contributed by atoms with E-state index in [9.17, 15) is 37.0 Å². The summed E-state index contributed by atoms with van der Waals surface area (Å²) >= 11 is 0. The first-order valence-electron chi connectivity index (χ1n) is 9.24. The molecule has 0 saturated heterocycles. The minimum absolute atomic E-state index is 0.00775. The average molecular weight is 525 g/mol. The molecule has 0 rings (SSSR count). The molecule has 4 atom stereocenters. The molecule has 0 spiro atoms. The second-order valence-electron chi connectivity index (χ2n) is 7.17. The first-order valence-corrected chi connectivity index (χ1v) is 13.6. The van der Waals surface area contributed by atoms with E-state index in [-0.39, 0.29) is 25.3 Å². The fourth-order valence-corrected chi connectivity index (χ4v) is 5.06. The van der Waals surface area contributed by atoms with Crippen molar-refractivity contribution in [3.05, 3.63) is 0 Å². The molecule has 0 fully saturated rings. The lowest BCUT2D eigenvalue weighted by Gasteiger charge is -2.35. The van der Waals surface area contributed by atoms with Crippen molar-refractivity contribution in [2.75, 3.05) is 25.1 Å². The minimum Gasteiger partial charge on any atom is -0.479 e. The molecule has 0 aliphatic carbocycles. The highest BCUT2D eigenvalue weighted by molar-refractivity contribution is 7.86. The molecule has 1 amide bonds. The number of carboxylic acid groups (broad SMARTS) is 1. The van der Waals surface area contributed by atoms with Crippen LogP contribution in [0.3, 0.4) is 0 Å². The van der Waals surface area contributed by atoms with E-state index in [4.69, 9.17) is 18.9 Å². The molecule has 3 unspecified atom stereocenters. The molecule has 0 aromatic carbocycles. The summed E-state index contributed by atoms with van der Waals surface area (Å²) < 4.78 is 60.4.